The lowest BCUT2D eigenvalue weighted by Crippen LogP contribution is -2.25. The topological polar surface area (TPSA) is 37.4 Å². The fourth-order valence-corrected chi connectivity index (χ4v) is 3.06. The number of aryl methyl sites for hydroxylation is 1. The second-order valence-electron chi connectivity index (χ2n) is 4.98. The number of carbonyl (C=O) groups excluding carboxylic acids is 2. The molecule has 1 atom stereocenters. The van der Waals surface area contributed by atoms with Crippen molar-refractivity contribution in [3.05, 3.63) is 29.3 Å². The molecule has 3 rings (SSSR count). The molecule has 0 N–H and O–H groups in total. The molecule has 0 radical (unpaired) electrons. The van der Waals surface area contributed by atoms with Gasteiger partial charge in [0.15, 0.2) is 5.78 Å². The Morgan fingerprint density at radius 1 is 1.22 bits per heavy atom. The van der Waals surface area contributed by atoms with Crippen LogP contribution < -0.4 is 4.90 Å². The van der Waals surface area contributed by atoms with Gasteiger partial charge < -0.3 is 4.90 Å². The summed E-state index contributed by atoms with van der Waals surface area (Å²) >= 11 is 4.36. The molecule has 94 valence electrons. The highest BCUT2D eigenvalue weighted by Crippen LogP contribution is 2.29. The van der Waals surface area contributed by atoms with Crippen molar-refractivity contribution in [1.29, 1.82) is 0 Å². The number of thiol groups is 1. The highest BCUT2D eigenvalue weighted by atomic mass is 32.1. The normalized spacial score (nSPS) is 23.4. The number of hydrogen-bond acceptors (Lipinski definition) is 3. The highest BCUT2D eigenvalue weighted by molar-refractivity contribution is 7.81. The monoisotopic (exact) mass is 261 g/mol. The van der Waals surface area contributed by atoms with E-state index >= 15 is 0 Å². The molecule has 18 heavy (non-hydrogen) atoms. The lowest BCUT2D eigenvalue weighted by molar-refractivity contribution is -0.117. The number of ketones is 1. The summed E-state index contributed by atoms with van der Waals surface area (Å²) in [6.07, 6.45) is 2.99. The minimum absolute atomic E-state index is 0.121. The first-order valence-corrected chi connectivity index (χ1v) is 6.81. The van der Waals surface area contributed by atoms with Crippen molar-refractivity contribution >= 4 is 30.0 Å². The average molecular weight is 261 g/mol. The van der Waals surface area contributed by atoms with E-state index in [0.717, 1.165) is 29.7 Å². The van der Waals surface area contributed by atoms with Gasteiger partial charge >= 0.3 is 0 Å². The minimum atomic E-state index is 0.121. The van der Waals surface area contributed by atoms with Gasteiger partial charge in [-0.2, -0.15) is 12.6 Å². The van der Waals surface area contributed by atoms with E-state index in [1.165, 1.54) is 0 Å². The Morgan fingerprint density at radius 2 is 2.06 bits per heavy atom. The molecule has 0 bridgehead atoms. The summed E-state index contributed by atoms with van der Waals surface area (Å²) in [5.41, 5.74) is 2.82. The number of carbonyl (C=O) groups is 2. The van der Waals surface area contributed by atoms with Gasteiger partial charge in [-0.25, -0.2) is 0 Å². The van der Waals surface area contributed by atoms with Gasteiger partial charge in [0.2, 0.25) is 5.91 Å². The van der Waals surface area contributed by atoms with E-state index in [2.05, 4.69) is 12.6 Å². The molecule has 1 aliphatic heterocycles. The molecule has 1 aromatic carbocycles. The van der Waals surface area contributed by atoms with Gasteiger partial charge in [-0.15, -0.1) is 0 Å². The van der Waals surface area contributed by atoms with Crippen LogP contribution in [-0.2, 0) is 11.2 Å². The van der Waals surface area contributed by atoms with E-state index in [1.54, 1.807) is 4.90 Å². The van der Waals surface area contributed by atoms with Crippen molar-refractivity contribution in [2.45, 2.75) is 30.9 Å². The predicted molar refractivity (Wildman–Crippen MR) is 73.5 cm³/mol. The van der Waals surface area contributed by atoms with Crippen LogP contribution in [-0.4, -0.2) is 23.5 Å². The van der Waals surface area contributed by atoms with E-state index in [-0.39, 0.29) is 16.9 Å². The number of Topliss-reactive ketones (excluding diaryl/α,β-unsaturated/α-hetero) is 1. The molecule has 1 amide bonds. The number of nitrogens with zero attached hydrogens (tertiary/aromatic N) is 1. The number of rotatable bonds is 1. The molecule has 3 nitrogen and oxygen atoms in total. The summed E-state index contributed by atoms with van der Waals surface area (Å²) in [7, 11) is 0. The molecule has 1 unspecified atom stereocenters. The Balaban J connectivity index is 1.95. The summed E-state index contributed by atoms with van der Waals surface area (Å²) in [5, 5.41) is 0.121. The summed E-state index contributed by atoms with van der Waals surface area (Å²) in [5.74, 6) is 0.347. The Hall–Kier alpha value is -1.29. The molecule has 0 saturated carbocycles. The van der Waals surface area contributed by atoms with E-state index in [0.29, 0.717) is 19.4 Å². The molecule has 1 saturated heterocycles. The van der Waals surface area contributed by atoms with Crippen LogP contribution in [0.5, 0.6) is 0 Å². The number of anilines is 1. The zero-order valence-corrected chi connectivity index (χ0v) is 11.0. The fraction of sp³-hybridized carbons (Fsp3) is 0.429. The predicted octanol–water partition coefficient (Wildman–Crippen LogP) is 2.24. The Morgan fingerprint density at radius 3 is 2.78 bits per heavy atom. The lowest BCUT2D eigenvalue weighted by atomic mass is 9.90. The van der Waals surface area contributed by atoms with Gasteiger partial charge in [0.05, 0.1) is 0 Å². The maximum Gasteiger partial charge on any atom is 0.228 e. The van der Waals surface area contributed by atoms with E-state index in [9.17, 15) is 9.59 Å². The van der Waals surface area contributed by atoms with Crippen LogP contribution in [0, 0.1) is 0 Å². The molecule has 1 aliphatic carbocycles. The first-order chi connectivity index (χ1) is 8.65. The third-order valence-corrected chi connectivity index (χ3v) is 4.00. The number of fused-ring (bicyclic) bond motifs is 1. The maximum atomic E-state index is 11.8. The van der Waals surface area contributed by atoms with Crippen molar-refractivity contribution in [3.63, 3.8) is 0 Å². The van der Waals surface area contributed by atoms with Crippen molar-refractivity contribution in [3.8, 4) is 0 Å². The second kappa shape index (κ2) is 4.43. The lowest BCUT2D eigenvalue weighted by Gasteiger charge is -2.20. The molecule has 1 fully saturated rings. The van der Waals surface area contributed by atoms with Gasteiger partial charge in [0.1, 0.15) is 0 Å². The number of hydrogen-bond donors (Lipinski definition) is 1. The third kappa shape index (κ3) is 1.94. The molecular formula is C14H15NO2S. The first kappa shape index (κ1) is 11.8. The van der Waals surface area contributed by atoms with Crippen LogP contribution in [0.4, 0.5) is 5.69 Å². The van der Waals surface area contributed by atoms with Gasteiger partial charge in [-0.05, 0) is 36.6 Å². The number of benzene rings is 1. The first-order valence-electron chi connectivity index (χ1n) is 6.30. The molecule has 0 aromatic heterocycles. The fourth-order valence-electron chi connectivity index (χ4n) is 2.74. The van der Waals surface area contributed by atoms with Crippen LogP contribution in [0.25, 0.3) is 0 Å². The minimum Gasteiger partial charge on any atom is -0.311 e. The smallest absolute Gasteiger partial charge is 0.228 e. The van der Waals surface area contributed by atoms with E-state index in [4.69, 9.17) is 0 Å². The van der Waals surface area contributed by atoms with Crippen LogP contribution in [0.3, 0.4) is 0 Å². The standard InChI is InChI=1S/C14H15NO2S/c16-13-3-1-2-9-6-10(4-5-12(9)13)15-8-11(18)7-14(15)17/h4-6,11,18H,1-3,7-8H2. The SMILES string of the molecule is O=C1CCCc2cc(N3CC(S)CC3=O)ccc21. The quantitative estimate of drug-likeness (QED) is 0.787. The summed E-state index contributed by atoms with van der Waals surface area (Å²) in [6.45, 7) is 0.661. The Bertz CT molecular complexity index is 527. The largest absolute Gasteiger partial charge is 0.311 e. The molecule has 1 aromatic rings. The van der Waals surface area contributed by atoms with Crippen LogP contribution >= 0.6 is 12.6 Å². The third-order valence-electron chi connectivity index (χ3n) is 3.66. The zero-order valence-electron chi connectivity index (χ0n) is 10.1. The van der Waals surface area contributed by atoms with Crippen molar-refractivity contribution < 1.29 is 9.59 Å². The van der Waals surface area contributed by atoms with Gasteiger partial charge in [0, 0.05) is 35.9 Å². The highest BCUT2D eigenvalue weighted by Gasteiger charge is 2.29. The van der Waals surface area contributed by atoms with E-state index in [1.807, 2.05) is 18.2 Å². The molecule has 2 aliphatic rings. The van der Waals surface area contributed by atoms with Crippen LogP contribution in [0.1, 0.15) is 35.2 Å². The summed E-state index contributed by atoms with van der Waals surface area (Å²) < 4.78 is 0. The number of amides is 1. The van der Waals surface area contributed by atoms with E-state index < -0.39 is 0 Å². The van der Waals surface area contributed by atoms with Crippen LogP contribution in [0.2, 0.25) is 0 Å². The van der Waals surface area contributed by atoms with Crippen LogP contribution in [0.15, 0.2) is 18.2 Å². The van der Waals surface area contributed by atoms with Gasteiger partial charge in [0.25, 0.3) is 0 Å². The van der Waals surface area contributed by atoms with Crippen molar-refractivity contribution in [1.82, 2.24) is 0 Å². The van der Waals surface area contributed by atoms with Gasteiger partial charge in [-0.3, -0.25) is 9.59 Å². The summed E-state index contributed by atoms with van der Waals surface area (Å²) in [6, 6.07) is 5.74. The molecular weight excluding hydrogens is 246 g/mol. The summed E-state index contributed by atoms with van der Waals surface area (Å²) in [4.78, 5) is 25.3. The van der Waals surface area contributed by atoms with Crippen molar-refractivity contribution in [2.75, 3.05) is 11.4 Å². The average Bonchev–Trinajstić information content (AvgIpc) is 2.68. The van der Waals surface area contributed by atoms with Gasteiger partial charge in [-0.1, -0.05) is 0 Å². The molecule has 4 heteroatoms. The Labute approximate surface area is 112 Å². The zero-order chi connectivity index (χ0) is 12.7. The molecule has 0 spiro atoms. The molecule has 1 heterocycles. The maximum absolute atomic E-state index is 11.8. The van der Waals surface area contributed by atoms with Crippen molar-refractivity contribution in [2.24, 2.45) is 0 Å². The Kier molecular flexibility index (Phi) is 2.90. The second-order valence-corrected chi connectivity index (χ2v) is 5.71.